The molecule has 1 N–H and O–H groups in total. The molecule has 0 spiro atoms. The van der Waals surface area contributed by atoms with E-state index >= 15 is 0 Å². The average molecular weight is 208 g/mol. The van der Waals surface area contributed by atoms with Crippen LogP contribution in [0.25, 0.3) is 0 Å². The summed E-state index contributed by atoms with van der Waals surface area (Å²) in [5.41, 5.74) is 0. The van der Waals surface area contributed by atoms with Gasteiger partial charge in [-0.2, -0.15) is 0 Å². The zero-order valence-electron chi connectivity index (χ0n) is 6.26. The minimum atomic E-state index is -0.148. The van der Waals surface area contributed by atoms with E-state index in [1.807, 2.05) is 0 Å². The first-order chi connectivity index (χ1) is 4.70. The van der Waals surface area contributed by atoms with E-state index in [0.29, 0.717) is 0 Å². The molecule has 0 aromatic carbocycles. The number of halogens is 1. The molecule has 0 amide bonds. The van der Waals surface area contributed by atoms with Crippen LogP contribution in [0.2, 0.25) is 0 Å². The fraction of sp³-hybridized carbons (Fsp3) is 1.00. The number of nitrogens with zero attached hydrogens (tertiary/aromatic N) is 1. The molecule has 10 heavy (non-hydrogen) atoms. The zero-order chi connectivity index (χ0) is 7.56. The van der Waals surface area contributed by atoms with E-state index in [9.17, 15) is 5.11 Å². The van der Waals surface area contributed by atoms with Crippen LogP contribution in [0.4, 0.5) is 0 Å². The largest absolute Gasteiger partial charge is 0.392 e. The van der Waals surface area contributed by atoms with Crippen molar-refractivity contribution < 1.29 is 5.11 Å². The van der Waals surface area contributed by atoms with Crippen molar-refractivity contribution in [3.05, 3.63) is 0 Å². The van der Waals surface area contributed by atoms with Gasteiger partial charge in [-0.1, -0.05) is 15.9 Å². The van der Waals surface area contributed by atoms with Crippen molar-refractivity contribution in [1.29, 1.82) is 0 Å². The van der Waals surface area contributed by atoms with E-state index in [0.717, 1.165) is 25.9 Å². The Bertz CT molecular complexity index is 110. The molecule has 1 saturated heterocycles. The van der Waals surface area contributed by atoms with Crippen LogP contribution >= 0.6 is 15.9 Å². The third-order valence-electron chi connectivity index (χ3n) is 1.94. The molecule has 1 aliphatic heterocycles. The Labute approximate surface area is 70.3 Å². The van der Waals surface area contributed by atoms with Gasteiger partial charge < -0.3 is 10.0 Å². The fourth-order valence-corrected chi connectivity index (χ4v) is 2.02. The van der Waals surface area contributed by atoms with Gasteiger partial charge in [0.25, 0.3) is 0 Å². The number of alkyl halides is 1. The van der Waals surface area contributed by atoms with Gasteiger partial charge in [0, 0.05) is 6.54 Å². The molecular formula is C7H14BrNO. The lowest BCUT2D eigenvalue weighted by molar-refractivity contribution is 0.165. The number of likely N-dealkylation sites (tertiary alicyclic amines) is 1. The number of hydrogen-bond donors (Lipinski definition) is 1. The van der Waals surface area contributed by atoms with Gasteiger partial charge in [0.05, 0.1) is 10.9 Å². The van der Waals surface area contributed by atoms with Gasteiger partial charge in [-0.25, -0.2) is 0 Å². The topological polar surface area (TPSA) is 23.5 Å². The molecule has 2 unspecified atom stereocenters. The van der Waals surface area contributed by atoms with Crippen LogP contribution in [0, 0.1) is 0 Å². The smallest absolute Gasteiger partial charge is 0.0678 e. The van der Waals surface area contributed by atoms with Crippen LogP contribution in [0.3, 0.4) is 0 Å². The molecule has 1 rings (SSSR count). The Morgan fingerprint density at radius 1 is 1.60 bits per heavy atom. The Kier molecular flexibility index (Phi) is 3.14. The summed E-state index contributed by atoms with van der Waals surface area (Å²) in [6.07, 6.45) is 1.89. The van der Waals surface area contributed by atoms with E-state index in [2.05, 4.69) is 27.9 Å². The maximum atomic E-state index is 9.40. The van der Waals surface area contributed by atoms with E-state index in [4.69, 9.17) is 0 Å². The van der Waals surface area contributed by atoms with E-state index < -0.39 is 0 Å². The molecule has 0 aromatic rings. The van der Waals surface area contributed by atoms with Gasteiger partial charge in [-0.15, -0.1) is 0 Å². The highest BCUT2D eigenvalue weighted by Gasteiger charge is 2.20. The first kappa shape index (κ1) is 8.50. The molecule has 0 radical (unpaired) electrons. The summed E-state index contributed by atoms with van der Waals surface area (Å²) in [4.78, 5) is 2.51. The molecule has 0 aromatic heterocycles. The number of aliphatic hydroxyl groups excluding tert-OH is 1. The van der Waals surface area contributed by atoms with E-state index in [-0.39, 0.29) is 10.9 Å². The highest BCUT2D eigenvalue weighted by atomic mass is 79.9. The van der Waals surface area contributed by atoms with Gasteiger partial charge in [-0.05, 0) is 26.4 Å². The van der Waals surface area contributed by atoms with Gasteiger partial charge in [0.2, 0.25) is 0 Å². The van der Waals surface area contributed by atoms with Crippen LogP contribution in [-0.2, 0) is 0 Å². The normalized spacial score (nSPS) is 37.5. The molecule has 0 aliphatic carbocycles. The SMILES string of the molecule is CN1CCCC(O)C(Br)C1. The predicted molar refractivity (Wildman–Crippen MR) is 45.5 cm³/mol. The third kappa shape index (κ3) is 2.22. The second-order valence-electron chi connectivity index (χ2n) is 2.99. The maximum Gasteiger partial charge on any atom is 0.0678 e. The Balaban J connectivity index is 2.41. The van der Waals surface area contributed by atoms with Crippen molar-refractivity contribution in [2.24, 2.45) is 0 Å². The van der Waals surface area contributed by atoms with Crippen LogP contribution in [-0.4, -0.2) is 41.1 Å². The molecule has 1 aliphatic rings. The van der Waals surface area contributed by atoms with E-state index in [1.54, 1.807) is 0 Å². The Hall–Kier alpha value is 0.400. The minimum absolute atomic E-state index is 0.148. The van der Waals surface area contributed by atoms with Crippen molar-refractivity contribution in [2.45, 2.75) is 23.8 Å². The van der Waals surface area contributed by atoms with Crippen LogP contribution in [0.1, 0.15) is 12.8 Å². The Morgan fingerprint density at radius 3 is 3.00 bits per heavy atom. The second-order valence-corrected chi connectivity index (χ2v) is 4.16. The van der Waals surface area contributed by atoms with Gasteiger partial charge >= 0.3 is 0 Å². The summed E-state index contributed by atoms with van der Waals surface area (Å²) in [6, 6.07) is 0. The first-order valence-corrected chi connectivity index (χ1v) is 4.62. The molecule has 0 bridgehead atoms. The molecule has 1 heterocycles. The second kappa shape index (κ2) is 3.69. The number of rotatable bonds is 0. The molecule has 2 atom stereocenters. The zero-order valence-corrected chi connectivity index (χ0v) is 7.84. The summed E-state index contributed by atoms with van der Waals surface area (Å²) in [6.45, 7) is 2.07. The average Bonchev–Trinajstić information content (AvgIpc) is 1.96. The van der Waals surface area contributed by atoms with Crippen LogP contribution in [0.5, 0.6) is 0 Å². The van der Waals surface area contributed by atoms with Crippen molar-refractivity contribution in [2.75, 3.05) is 20.1 Å². The summed E-state index contributed by atoms with van der Waals surface area (Å²) in [7, 11) is 2.09. The summed E-state index contributed by atoms with van der Waals surface area (Å²) >= 11 is 3.45. The van der Waals surface area contributed by atoms with Gasteiger partial charge in [-0.3, -0.25) is 0 Å². The van der Waals surface area contributed by atoms with Crippen LogP contribution in [0.15, 0.2) is 0 Å². The lowest BCUT2D eigenvalue weighted by atomic mass is 10.2. The monoisotopic (exact) mass is 207 g/mol. The number of hydrogen-bond acceptors (Lipinski definition) is 2. The van der Waals surface area contributed by atoms with Crippen molar-refractivity contribution in [1.82, 2.24) is 4.90 Å². The molecule has 3 heteroatoms. The lowest BCUT2D eigenvalue weighted by Gasteiger charge is -2.17. The number of aliphatic hydroxyl groups is 1. The van der Waals surface area contributed by atoms with Crippen molar-refractivity contribution in [3.8, 4) is 0 Å². The molecule has 0 saturated carbocycles. The summed E-state index contributed by atoms with van der Waals surface area (Å²) < 4.78 is 0. The van der Waals surface area contributed by atoms with Crippen molar-refractivity contribution >= 4 is 15.9 Å². The fourth-order valence-electron chi connectivity index (χ4n) is 1.26. The third-order valence-corrected chi connectivity index (χ3v) is 2.84. The van der Waals surface area contributed by atoms with Crippen molar-refractivity contribution in [3.63, 3.8) is 0 Å². The summed E-state index contributed by atoms with van der Waals surface area (Å²) in [5.74, 6) is 0. The minimum Gasteiger partial charge on any atom is -0.392 e. The van der Waals surface area contributed by atoms with E-state index in [1.165, 1.54) is 0 Å². The maximum absolute atomic E-state index is 9.40. The molecule has 1 fully saturated rings. The highest BCUT2D eigenvalue weighted by molar-refractivity contribution is 9.09. The first-order valence-electron chi connectivity index (χ1n) is 3.71. The summed E-state index contributed by atoms with van der Waals surface area (Å²) in [5, 5.41) is 9.40. The molecular weight excluding hydrogens is 194 g/mol. The predicted octanol–water partition coefficient (Wildman–Crippen LogP) is 0.836. The standard InChI is InChI=1S/C7H14BrNO/c1-9-4-2-3-7(10)6(8)5-9/h6-7,10H,2-5H2,1H3. The Morgan fingerprint density at radius 2 is 2.30 bits per heavy atom. The quantitative estimate of drug-likeness (QED) is 0.596. The van der Waals surface area contributed by atoms with Gasteiger partial charge in [0.1, 0.15) is 0 Å². The lowest BCUT2D eigenvalue weighted by Crippen LogP contribution is -2.29. The molecule has 2 nitrogen and oxygen atoms in total. The molecule has 60 valence electrons. The highest BCUT2D eigenvalue weighted by Crippen LogP contribution is 2.16. The van der Waals surface area contributed by atoms with Gasteiger partial charge in [0.15, 0.2) is 0 Å². The van der Waals surface area contributed by atoms with Crippen LogP contribution < -0.4 is 0 Å².